The maximum absolute atomic E-state index is 11.4. The van der Waals surface area contributed by atoms with Gasteiger partial charge in [-0.05, 0) is 30.0 Å². The summed E-state index contributed by atoms with van der Waals surface area (Å²) in [6.07, 6.45) is 4.40. The Morgan fingerprint density at radius 2 is 2.18 bits per heavy atom. The monoisotopic (exact) mass is 291 g/mol. The molecule has 22 heavy (non-hydrogen) atoms. The summed E-state index contributed by atoms with van der Waals surface area (Å²) < 4.78 is 0. The number of fused-ring (bicyclic) bond motifs is 3. The second-order valence-corrected chi connectivity index (χ2v) is 5.21. The number of carbonyl (C=O) groups excluding carboxylic acids is 1. The summed E-state index contributed by atoms with van der Waals surface area (Å²) in [5.41, 5.74) is 7.53. The van der Waals surface area contributed by atoms with Crippen molar-refractivity contribution in [3.8, 4) is 23.0 Å². The molecule has 1 heterocycles. The number of hydrazine groups is 1. The molecular formula is C18H17N3O. The average Bonchev–Trinajstić information content (AvgIpc) is 2.54. The highest BCUT2D eigenvalue weighted by Gasteiger charge is 2.16. The Balaban J connectivity index is 2.10. The topological polar surface area (TPSA) is 68.0 Å². The zero-order valence-electron chi connectivity index (χ0n) is 12.2. The van der Waals surface area contributed by atoms with E-state index in [0.717, 1.165) is 29.7 Å². The lowest BCUT2D eigenvalue weighted by molar-refractivity contribution is -0.121. The molecule has 0 aliphatic heterocycles. The van der Waals surface area contributed by atoms with Gasteiger partial charge in [0.1, 0.15) is 0 Å². The minimum absolute atomic E-state index is 0.190. The van der Waals surface area contributed by atoms with Crippen molar-refractivity contribution in [3.63, 3.8) is 0 Å². The maximum atomic E-state index is 11.4. The fraction of sp³-hybridized carbons (Fsp3) is 0.222. The van der Waals surface area contributed by atoms with Crippen LogP contribution in [0.3, 0.4) is 0 Å². The molecule has 110 valence electrons. The molecule has 4 heteroatoms. The molecule has 3 N–H and O–H groups in total. The molecule has 0 saturated carbocycles. The largest absolute Gasteiger partial charge is 0.294 e. The Bertz CT molecular complexity index is 771. The van der Waals surface area contributed by atoms with Gasteiger partial charge in [0.2, 0.25) is 5.91 Å². The third-order valence-corrected chi connectivity index (χ3v) is 3.81. The lowest BCUT2D eigenvalue weighted by Gasteiger charge is -2.16. The van der Waals surface area contributed by atoms with E-state index in [9.17, 15) is 4.79 Å². The predicted molar refractivity (Wildman–Crippen MR) is 85.5 cm³/mol. The van der Waals surface area contributed by atoms with E-state index in [-0.39, 0.29) is 5.91 Å². The van der Waals surface area contributed by atoms with Crippen LogP contribution in [0.2, 0.25) is 0 Å². The molecule has 1 amide bonds. The molecule has 1 aromatic carbocycles. The quantitative estimate of drug-likeness (QED) is 0.393. The van der Waals surface area contributed by atoms with Crippen molar-refractivity contribution in [3.05, 3.63) is 53.3 Å². The highest BCUT2D eigenvalue weighted by Crippen LogP contribution is 2.31. The molecule has 0 saturated heterocycles. The van der Waals surface area contributed by atoms with Gasteiger partial charge < -0.3 is 0 Å². The number of carbonyl (C=O) groups is 1. The SMILES string of the molecule is NNC(=O)CCc1nccc2c1-c1ccccc1CCC#C2. The first kappa shape index (κ1) is 14.3. The van der Waals surface area contributed by atoms with Crippen LogP contribution in [0.5, 0.6) is 0 Å². The van der Waals surface area contributed by atoms with Crippen LogP contribution in [-0.2, 0) is 17.6 Å². The van der Waals surface area contributed by atoms with Gasteiger partial charge in [-0.2, -0.15) is 0 Å². The van der Waals surface area contributed by atoms with Crippen LogP contribution in [0, 0.1) is 11.8 Å². The van der Waals surface area contributed by atoms with Crippen LogP contribution in [-0.4, -0.2) is 10.9 Å². The van der Waals surface area contributed by atoms with Crippen LogP contribution >= 0.6 is 0 Å². The average molecular weight is 291 g/mol. The Morgan fingerprint density at radius 3 is 3.05 bits per heavy atom. The Morgan fingerprint density at radius 1 is 1.32 bits per heavy atom. The van der Waals surface area contributed by atoms with E-state index in [0.29, 0.717) is 12.8 Å². The van der Waals surface area contributed by atoms with Crippen LogP contribution in [0.4, 0.5) is 0 Å². The highest BCUT2D eigenvalue weighted by atomic mass is 16.2. The number of nitrogens with zero attached hydrogens (tertiary/aromatic N) is 1. The lowest BCUT2D eigenvalue weighted by atomic mass is 9.90. The van der Waals surface area contributed by atoms with Crippen molar-refractivity contribution < 1.29 is 4.79 Å². The summed E-state index contributed by atoms with van der Waals surface area (Å²) >= 11 is 0. The van der Waals surface area contributed by atoms with E-state index in [2.05, 4.69) is 34.4 Å². The number of hydrogen-bond acceptors (Lipinski definition) is 3. The number of amides is 1. The summed E-state index contributed by atoms with van der Waals surface area (Å²) in [5.74, 6) is 11.4. The highest BCUT2D eigenvalue weighted by molar-refractivity contribution is 5.78. The van der Waals surface area contributed by atoms with Crippen LogP contribution in [0.1, 0.15) is 29.7 Å². The van der Waals surface area contributed by atoms with Crippen molar-refractivity contribution in [1.82, 2.24) is 10.4 Å². The van der Waals surface area contributed by atoms with E-state index in [1.807, 2.05) is 18.2 Å². The lowest BCUT2D eigenvalue weighted by Crippen LogP contribution is -2.30. The summed E-state index contributed by atoms with van der Waals surface area (Å²) in [5, 5.41) is 0. The zero-order chi connectivity index (χ0) is 15.4. The number of nitrogens with one attached hydrogen (secondary N) is 1. The molecule has 0 radical (unpaired) electrons. The molecule has 0 spiro atoms. The van der Waals surface area contributed by atoms with Gasteiger partial charge in [0.15, 0.2) is 0 Å². The van der Waals surface area contributed by atoms with Crippen LogP contribution in [0.25, 0.3) is 11.1 Å². The second kappa shape index (κ2) is 6.42. The Labute approximate surface area is 129 Å². The van der Waals surface area contributed by atoms with Crippen molar-refractivity contribution in [2.45, 2.75) is 25.7 Å². The molecule has 0 atom stereocenters. The van der Waals surface area contributed by atoms with E-state index >= 15 is 0 Å². The van der Waals surface area contributed by atoms with Crippen molar-refractivity contribution in [2.24, 2.45) is 5.84 Å². The minimum Gasteiger partial charge on any atom is -0.294 e. The third-order valence-electron chi connectivity index (χ3n) is 3.81. The molecule has 1 aliphatic rings. The standard InChI is InChI=1S/C18H17N3O/c19-21-17(22)10-9-16-18-14(11-12-20-16)7-2-1-5-13-6-3-4-8-15(13)18/h3-4,6,8,11-12H,1,5,9-10,19H2,(H,21,22). The van der Waals surface area contributed by atoms with Gasteiger partial charge in [-0.15, -0.1) is 0 Å². The van der Waals surface area contributed by atoms with Crippen LogP contribution < -0.4 is 11.3 Å². The first-order chi connectivity index (χ1) is 10.8. The molecule has 3 rings (SSSR count). The van der Waals surface area contributed by atoms with E-state index in [4.69, 9.17) is 5.84 Å². The van der Waals surface area contributed by atoms with Gasteiger partial charge in [-0.1, -0.05) is 36.1 Å². The van der Waals surface area contributed by atoms with Gasteiger partial charge in [0.25, 0.3) is 0 Å². The number of hydrogen-bond donors (Lipinski definition) is 2. The molecule has 1 aromatic heterocycles. The van der Waals surface area contributed by atoms with Crippen LogP contribution in [0.15, 0.2) is 36.5 Å². The number of pyridine rings is 1. The first-order valence-corrected chi connectivity index (χ1v) is 7.34. The molecule has 0 unspecified atom stereocenters. The van der Waals surface area contributed by atoms with E-state index < -0.39 is 0 Å². The minimum atomic E-state index is -0.190. The van der Waals surface area contributed by atoms with Crippen molar-refractivity contribution >= 4 is 5.91 Å². The number of benzene rings is 1. The zero-order valence-corrected chi connectivity index (χ0v) is 12.2. The van der Waals surface area contributed by atoms with Gasteiger partial charge in [0.05, 0.1) is 0 Å². The van der Waals surface area contributed by atoms with Crippen molar-refractivity contribution in [1.29, 1.82) is 0 Å². The molecule has 4 nitrogen and oxygen atoms in total. The maximum Gasteiger partial charge on any atom is 0.234 e. The van der Waals surface area contributed by atoms with Gasteiger partial charge in [-0.3, -0.25) is 15.2 Å². The fourth-order valence-electron chi connectivity index (χ4n) is 2.74. The molecule has 2 aromatic rings. The summed E-state index contributed by atoms with van der Waals surface area (Å²) in [7, 11) is 0. The number of rotatable bonds is 3. The fourth-order valence-corrected chi connectivity index (χ4v) is 2.74. The molecular weight excluding hydrogens is 274 g/mol. The normalized spacial score (nSPS) is 12.0. The number of aromatic nitrogens is 1. The van der Waals surface area contributed by atoms with Gasteiger partial charge >= 0.3 is 0 Å². The summed E-state index contributed by atoms with van der Waals surface area (Å²) in [6.45, 7) is 0. The number of aryl methyl sites for hydroxylation is 2. The number of nitrogens with two attached hydrogens (primary N) is 1. The molecule has 1 aliphatic carbocycles. The predicted octanol–water partition coefficient (Wildman–Crippen LogP) is 1.97. The van der Waals surface area contributed by atoms with E-state index in [1.54, 1.807) is 6.20 Å². The summed E-state index contributed by atoms with van der Waals surface area (Å²) in [4.78, 5) is 15.9. The van der Waals surface area contributed by atoms with Gasteiger partial charge in [-0.25, -0.2) is 5.84 Å². The molecule has 0 bridgehead atoms. The molecule has 0 fully saturated rings. The first-order valence-electron chi connectivity index (χ1n) is 7.34. The third kappa shape index (κ3) is 2.85. The van der Waals surface area contributed by atoms with Crippen molar-refractivity contribution in [2.75, 3.05) is 0 Å². The second-order valence-electron chi connectivity index (χ2n) is 5.21. The Hall–Kier alpha value is -2.64. The van der Waals surface area contributed by atoms with Gasteiger partial charge in [0, 0.05) is 35.9 Å². The Kier molecular flexibility index (Phi) is 4.17. The summed E-state index contributed by atoms with van der Waals surface area (Å²) in [6, 6.07) is 10.3. The van der Waals surface area contributed by atoms with E-state index in [1.165, 1.54) is 11.1 Å². The smallest absolute Gasteiger partial charge is 0.234 e.